The van der Waals surface area contributed by atoms with Crippen LogP contribution in [0.1, 0.15) is 61.8 Å². The molecule has 1 N–H and O–H groups in total. The molecule has 27 heavy (non-hydrogen) atoms. The van der Waals surface area contributed by atoms with Crippen molar-refractivity contribution in [3.05, 3.63) is 41.0 Å². The summed E-state index contributed by atoms with van der Waals surface area (Å²) in [7, 11) is 0. The van der Waals surface area contributed by atoms with E-state index in [1.165, 1.54) is 12.0 Å². The van der Waals surface area contributed by atoms with Gasteiger partial charge in [0.25, 0.3) is 0 Å². The minimum absolute atomic E-state index is 0.0682. The van der Waals surface area contributed by atoms with Gasteiger partial charge in [-0.05, 0) is 44.7 Å². The fourth-order valence-corrected chi connectivity index (χ4v) is 3.65. The van der Waals surface area contributed by atoms with Crippen molar-refractivity contribution >= 4 is 11.7 Å². The Hall–Kier alpha value is -2.37. The van der Waals surface area contributed by atoms with Crippen LogP contribution in [-0.4, -0.2) is 27.3 Å². The van der Waals surface area contributed by atoms with E-state index in [4.69, 9.17) is 0 Å². The summed E-state index contributed by atoms with van der Waals surface area (Å²) in [5.41, 5.74) is 3.22. The van der Waals surface area contributed by atoms with Crippen LogP contribution in [0.15, 0.2) is 18.2 Å². The molecule has 1 aromatic heterocycles. The highest BCUT2D eigenvalue weighted by atomic mass is 16.2. The van der Waals surface area contributed by atoms with E-state index >= 15 is 0 Å². The van der Waals surface area contributed by atoms with E-state index in [-0.39, 0.29) is 6.03 Å². The monoisotopic (exact) mass is 369 g/mol. The molecule has 0 radical (unpaired) electrons. The molecule has 146 valence electrons. The van der Waals surface area contributed by atoms with Crippen molar-refractivity contribution in [3.63, 3.8) is 0 Å². The van der Waals surface area contributed by atoms with Crippen molar-refractivity contribution < 1.29 is 4.79 Å². The molecule has 2 amide bonds. The van der Waals surface area contributed by atoms with Gasteiger partial charge in [-0.2, -0.15) is 0 Å². The van der Waals surface area contributed by atoms with E-state index in [0.717, 1.165) is 61.5 Å². The molecule has 1 aliphatic heterocycles. The molecule has 6 nitrogen and oxygen atoms in total. The number of rotatable bonds is 6. The fraction of sp³-hybridized carbons (Fsp3) is 0.571. The first-order valence-electron chi connectivity index (χ1n) is 10.1. The number of carbonyl (C=O) groups excluding carboxylic acids is 1. The standard InChI is InChI=1S/C21H31N5O/c1-4-5-12-22-21(27)26(18-11-10-16(2)14-17(18)3)15-20-24-23-19-9-7-6-8-13-25(19)20/h10-11,14H,4-9,12-13,15H2,1-3H3,(H,22,27). The lowest BCUT2D eigenvalue weighted by atomic mass is 10.1. The second kappa shape index (κ2) is 9.02. The van der Waals surface area contributed by atoms with E-state index in [1.807, 2.05) is 11.0 Å². The number of benzene rings is 1. The third kappa shape index (κ3) is 4.67. The van der Waals surface area contributed by atoms with E-state index in [9.17, 15) is 4.79 Å². The Morgan fingerprint density at radius 3 is 2.85 bits per heavy atom. The lowest BCUT2D eigenvalue weighted by molar-refractivity contribution is 0.245. The molecule has 2 aromatic rings. The van der Waals surface area contributed by atoms with E-state index < -0.39 is 0 Å². The quantitative estimate of drug-likeness (QED) is 0.779. The molecule has 0 spiro atoms. The van der Waals surface area contributed by atoms with Crippen molar-refractivity contribution in [3.8, 4) is 0 Å². The first-order valence-corrected chi connectivity index (χ1v) is 10.1. The average Bonchev–Trinajstić information content (AvgIpc) is 2.86. The van der Waals surface area contributed by atoms with E-state index in [1.54, 1.807) is 0 Å². The average molecular weight is 370 g/mol. The second-order valence-corrected chi connectivity index (χ2v) is 7.46. The predicted molar refractivity (Wildman–Crippen MR) is 108 cm³/mol. The number of carbonyl (C=O) groups is 1. The second-order valence-electron chi connectivity index (χ2n) is 7.46. The zero-order chi connectivity index (χ0) is 19.2. The molecule has 2 heterocycles. The summed E-state index contributed by atoms with van der Waals surface area (Å²) in [4.78, 5) is 14.8. The maximum absolute atomic E-state index is 13.0. The van der Waals surface area contributed by atoms with Crippen molar-refractivity contribution in [2.75, 3.05) is 11.4 Å². The Bertz CT molecular complexity index is 783. The highest BCUT2D eigenvalue weighted by molar-refractivity contribution is 5.92. The van der Waals surface area contributed by atoms with Gasteiger partial charge in [0, 0.05) is 25.2 Å². The number of urea groups is 1. The SMILES string of the molecule is CCCCNC(=O)N(Cc1nnc2n1CCCCC2)c1ccc(C)cc1C. The number of nitrogens with one attached hydrogen (secondary N) is 1. The van der Waals surface area contributed by atoms with E-state index in [2.05, 4.69) is 53.0 Å². The number of anilines is 1. The Morgan fingerprint density at radius 2 is 2.07 bits per heavy atom. The Balaban J connectivity index is 1.88. The van der Waals surface area contributed by atoms with Crippen molar-refractivity contribution in [2.24, 2.45) is 0 Å². The third-order valence-electron chi connectivity index (χ3n) is 5.18. The van der Waals surface area contributed by atoms with Crippen LogP contribution in [0.3, 0.4) is 0 Å². The molecule has 0 fully saturated rings. The molecule has 0 unspecified atom stereocenters. The Morgan fingerprint density at radius 1 is 1.22 bits per heavy atom. The zero-order valence-corrected chi connectivity index (χ0v) is 16.8. The lowest BCUT2D eigenvalue weighted by Crippen LogP contribution is -2.41. The van der Waals surface area contributed by atoms with Crippen molar-refractivity contribution in [1.29, 1.82) is 0 Å². The molecule has 3 rings (SSSR count). The molecular weight excluding hydrogens is 338 g/mol. The van der Waals surface area contributed by atoms with Crippen LogP contribution < -0.4 is 10.2 Å². The summed E-state index contributed by atoms with van der Waals surface area (Å²) in [5, 5.41) is 11.9. The number of aryl methyl sites for hydroxylation is 3. The molecule has 0 bridgehead atoms. The van der Waals surface area contributed by atoms with Crippen LogP contribution in [0, 0.1) is 13.8 Å². The smallest absolute Gasteiger partial charge is 0.322 e. The summed E-state index contributed by atoms with van der Waals surface area (Å²) in [6.45, 7) is 8.32. The van der Waals surface area contributed by atoms with Gasteiger partial charge in [-0.15, -0.1) is 10.2 Å². The minimum Gasteiger partial charge on any atom is -0.338 e. The number of amides is 2. The molecular formula is C21H31N5O. The fourth-order valence-electron chi connectivity index (χ4n) is 3.65. The summed E-state index contributed by atoms with van der Waals surface area (Å²) in [6, 6.07) is 6.13. The molecule has 0 aliphatic carbocycles. The predicted octanol–water partition coefficient (Wildman–Crippen LogP) is 4.14. The van der Waals surface area contributed by atoms with E-state index in [0.29, 0.717) is 13.1 Å². The van der Waals surface area contributed by atoms with Gasteiger partial charge >= 0.3 is 6.03 Å². The minimum atomic E-state index is -0.0682. The lowest BCUT2D eigenvalue weighted by Gasteiger charge is -2.25. The number of unbranched alkanes of at least 4 members (excludes halogenated alkanes) is 1. The number of aromatic nitrogens is 3. The normalized spacial score (nSPS) is 13.7. The van der Waals surface area contributed by atoms with Gasteiger partial charge in [-0.3, -0.25) is 4.90 Å². The highest BCUT2D eigenvalue weighted by Crippen LogP contribution is 2.24. The molecule has 0 atom stereocenters. The van der Waals surface area contributed by atoms with Crippen LogP contribution in [-0.2, 0) is 19.5 Å². The topological polar surface area (TPSA) is 63.1 Å². The molecule has 1 aliphatic rings. The van der Waals surface area contributed by atoms with Gasteiger partial charge in [0.05, 0.1) is 6.54 Å². The van der Waals surface area contributed by atoms with Gasteiger partial charge in [-0.25, -0.2) is 4.79 Å². The third-order valence-corrected chi connectivity index (χ3v) is 5.18. The molecule has 6 heteroatoms. The molecule has 0 saturated heterocycles. The summed E-state index contributed by atoms with van der Waals surface area (Å²) in [5.74, 6) is 1.92. The maximum Gasteiger partial charge on any atom is 0.322 e. The largest absolute Gasteiger partial charge is 0.338 e. The highest BCUT2D eigenvalue weighted by Gasteiger charge is 2.22. The van der Waals surface area contributed by atoms with Crippen LogP contribution in [0.2, 0.25) is 0 Å². The maximum atomic E-state index is 13.0. The van der Waals surface area contributed by atoms with Crippen LogP contribution in [0.5, 0.6) is 0 Å². The number of nitrogens with zero attached hydrogens (tertiary/aromatic N) is 4. The van der Waals surface area contributed by atoms with Gasteiger partial charge < -0.3 is 9.88 Å². The van der Waals surface area contributed by atoms with Crippen molar-refractivity contribution in [1.82, 2.24) is 20.1 Å². The molecule has 0 saturated carbocycles. The number of hydrogen-bond donors (Lipinski definition) is 1. The Kier molecular flexibility index (Phi) is 6.48. The Labute approximate surface area is 162 Å². The number of hydrogen-bond acceptors (Lipinski definition) is 3. The number of fused-ring (bicyclic) bond motifs is 1. The summed E-state index contributed by atoms with van der Waals surface area (Å²) >= 11 is 0. The first kappa shape index (κ1) is 19.4. The van der Waals surface area contributed by atoms with Gasteiger partial charge in [0.2, 0.25) is 0 Å². The summed E-state index contributed by atoms with van der Waals surface area (Å²) < 4.78 is 2.21. The first-order chi connectivity index (χ1) is 13.1. The molecule has 1 aromatic carbocycles. The van der Waals surface area contributed by atoms with Gasteiger partial charge in [0.1, 0.15) is 5.82 Å². The summed E-state index contributed by atoms with van der Waals surface area (Å²) in [6.07, 6.45) is 6.54. The van der Waals surface area contributed by atoms with Crippen LogP contribution >= 0.6 is 0 Å². The van der Waals surface area contributed by atoms with Crippen molar-refractivity contribution in [2.45, 2.75) is 72.4 Å². The van der Waals surface area contributed by atoms with Crippen LogP contribution in [0.25, 0.3) is 0 Å². The van der Waals surface area contributed by atoms with Crippen LogP contribution in [0.4, 0.5) is 10.5 Å². The van der Waals surface area contributed by atoms with Gasteiger partial charge in [-0.1, -0.05) is 37.5 Å². The zero-order valence-electron chi connectivity index (χ0n) is 16.8. The van der Waals surface area contributed by atoms with Gasteiger partial charge in [0.15, 0.2) is 5.82 Å².